The predicted octanol–water partition coefficient (Wildman–Crippen LogP) is 2.21. The zero-order chi connectivity index (χ0) is 10.8. The van der Waals surface area contributed by atoms with E-state index >= 15 is 0 Å². The molecule has 15 heavy (non-hydrogen) atoms. The molecule has 2 heterocycles. The molecular weight excluding hydrogens is 228 g/mol. The number of anilines is 1. The number of rotatable bonds is 2. The molecule has 0 spiro atoms. The van der Waals surface area contributed by atoms with Gasteiger partial charge in [0.15, 0.2) is 10.9 Å². The summed E-state index contributed by atoms with van der Waals surface area (Å²) in [7, 11) is 0. The second-order valence-corrected chi connectivity index (χ2v) is 5.77. The fourth-order valence-corrected chi connectivity index (χ4v) is 3.52. The van der Waals surface area contributed by atoms with Crippen LogP contribution in [0, 0.1) is 6.92 Å². The molecule has 1 aliphatic heterocycles. The smallest absolute Gasteiger partial charge is 0.186 e. The Balaban J connectivity index is 2.21. The van der Waals surface area contributed by atoms with Crippen molar-refractivity contribution in [2.75, 3.05) is 29.5 Å². The topological polar surface area (TPSA) is 33.2 Å². The van der Waals surface area contributed by atoms with Crippen LogP contribution in [0.2, 0.25) is 0 Å². The average molecular weight is 242 g/mol. The lowest BCUT2D eigenvalue weighted by Crippen LogP contribution is -2.32. The monoisotopic (exact) mass is 242 g/mol. The lowest BCUT2D eigenvalue weighted by molar-refractivity contribution is 0.102. The fourth-order valence-electron chi connectivity index (χ4n) is 1.60. The van der Waals surface area contributed by atoms with Crippen LogP contribution in [0.15, 0.2) is 0 Å². The van der Waals surface area contributed by atoms with Gasteiger partial charge in [0, 0.05) is 31.5 Å². The molecule has 1 aromatic rings. The molecule has 1 aromatic heterocycles. The molecule has 0 saturated carbocycles. The molecule has 0 aromatic carbocycles. The Hall–Kier alpha value is -0.550. The molecule has 0 aliphatic carbocycles. The standard InChI is InChI=1S/C10H14N2OS2/c1-7-9(8(2)13)15-10(11-7)12-3-5-14-6-4-12/h3-6H2,1-2H3. The van der Waals surface area contributed by atoms with Crippen molar-refractivity contribution >= 4 is 34.0 Å². The summed E-state index contributed by atoms with van der Waals surface area (Å²) >= 11 is 3.51. The predicted molar refractivity (Wildman–Crippen MR) is 66.4 cm³/mol. The van der Waals surface area contributed by atoms with Gasteiger partial charge in [-0.2, -0.15) is 11.8 Å². The van der Waals surface area contributed by atoms with Crippen molar-refractivity contribution in [1.29, 1.82) is 0 Å². The van der Waals surface area contributed by atoms with E-state index in [1.165, 1.54) is 11.3 Å². The summed E-state index contributed by atoms with van der Waals surface area (Å²) in [6.07, 6.45) is 0. The van der Waals surface area contributed by atoms with Gasteiger partial charge < -0.3 is 4.90 Å². The zero-order valence-electron chi connectivity index (χ0n) is 8.95. The first-order valence-corrected chi connectivity index (χ1v) is 6.96. The van der Waals surface area contributed by atoms with Crippen molar-refractivity contribution in [3.8, 4) is 0 Å². The fraction of sp³-hybridized carbons (Fsp3) is 0.600. The third-order valence-corrected chi connectivity index (χ3v) is 4.65. The number of aryl methyl sites for hydroxylation is 1. The molecule has 1 fully saturated rings. The van der Waals surface area contributed by atoms with Gasteiger partial charge in [-0.15, -0.1) is 0 Å². The van der Waals surface area contributed by atoms with Crippen LogP contribution in [0.25, 0.3) is 0 Å². The SMILES string of the molecule is CC(=O)c1sc(N2CCSCC2)nc1C. The van der Waals surface area contributed by atoms with Crippen molar-refractivity contribution in [1.82, 2.24) is 4.98 Å². The van der Waals surface area contributed by atoms with Crippen LogP contribution < -0.4 is 4.90 Å². The van der Waals surface area contributed by atoms with E-state index in [2.05, 4.69) is 9.88 Å². The van der Waals surface area contributed by atoms with Crippen LogP contribution >= 0.6 is 23.1 Å². The summed E-state index contributed by atoms with van der Waals surface area (Å²) in [5, 5.41) is 1.01. The lowest BCUT2D eigenvalue weighted by Gasteiger charge is -2.25. The Labute approximate surface area is 97.9 Å². The van der Waals surface area contributed by atoms with Crippen LogP contribution in [-0.2, 0) is 0 Å². The molecule has 1 aliphatic rings. The Bertz CT molecular complexity index is 369. The van der Waals surface area contributed by atoms with E-state index in [4.69, 9.17) is 0 Å². The Morgan fingerprint density at radius 1 is 1.40 bits per heavy atom. The molecule has 0 radical (unpaired) electrons. The molecule has 0 atom stereocenters. The highest BCUT2D eigenvalue weighted by atomic mass is 32.2. The van der Waals surface area contributed by atoms with Crippen LogP contribution in [0.5, 0.6) is 0 Å². The molecule has 2 rings (SSSR count). The van der Waals surface area contributed by atoms with Gasteiger partial charge in [-0.05, 0) is 6.92 Å². The number of Topliss-reactive ketones (excluding diaryl/α,β-unsaturated/α-hetero) is 1. The molecule has 0 N–H and O–H groups in total. The van der Waals surface area contributed by atoms with Gasteiger partial charge in [-0.1, -0.05) is 11.3 Å². The Kier molecular flexibility index (Phi) is 3.31. The molecule has 82 valence electrons. The minimum absolute atomic E-state index is 0.127. The number of nitrogens with zero attached hydrogens (tertiary/aromatic N) is 2. The maximum Gasteiger partial charge on any atom is 0.186 e. The first kappa shape index (κ1) is 11.0. The summed E-state index contributed by atoms with van der Waals surface area (Å²) < 4.78 is 0. The zero-order valence-corrected chi connectivity index (χ0v) is 10.6. The molecule has 3 nitrogen and oxygen atoms in total. The van der Waals surface area contributed by atoms with Crippen molar-refractivity contribution in [2.24, 2.45) is 0 Å². The van der Waals surface area contributed by atoms with Crippen LogP contribution in [0.4, 0.5) is 5.13 Å². The molecule has 1 saturated heterocycles. The molecule has 0 unspecified atom stereocenters. The third kappa shape index (κ3) is 2.34. The first-order chi connectivity index (χ1) is 7.18. The number of aromatic nitrogens is 1. The maximum atomic E-state index is 11.3. The van der Waals surface area contributed by atoms with E-state index in [1.54, 1.807) is 6.92 Å². The normalized spacial score (nSPS) is 16.8. The van der Waals surface area contributed by atoms with E-state index in [1.807, 2.05) is 18.7 Å². The number of thiazole rings is 1. The summed E-state index contributed by atoms with van der Waals surface area (Å²) in [4.78, 5) is 18.9. The van der Waals surface area contributed by atoms with Crippen molar-refractivity contribution in [3.05, 3.63) is 10.6 Å². The van der Waals surface area contributed by atoms with E-state index in [9.17, 15) is 4.79 Å². The minimum Gasteiger partial charge on any atom is -0.346 e. The summed E-state index contributed by atoms with van der Waals surface area (Å²) in [5.41, 5.74) is 0.876. The number of thioether (sulfide) groups is 1. The Morgan fingerprint density at radius 2 is 2.07 bits per heavy atom. The summed E-state index contributed by atoms with van der Waals surface area (Å²) in [5.74, 6) is 2.45. The molecule has 0 amide bonds. The van der Waals surface area contributed by atoms with Gasteiger partial charge in [0.2, 0.25) is 0 Å². The van der Waals surface area contributed by atoms with E-state index in [0.29, 0.717) is 0 Å². The second kappa shape index (κ2) is 4.53. The highest BCUT2D eigenvalue weighted by Crippen LogP contribution is 2.28. The summed E-state index contributed by atoms with van der Waals surface area (Å²) in [6, 6.07) is 0. The summed E-state index contributed by atoms with van der Waals surface area (Å²) in [6.45, 7) is 5.62. The molecular formula is C10H14N2OS2. The van der Waals surface area contributed by atoms with Crippen LogP contribution in [0.1, 0.15) is 22.3 Å². The van der Waals surface area contributed by atoms with Crippen molar-refractivity contribution in [3.63, 3.8) is 0 Å². The number of hydrogen-bond acceptors (Lipinski definition) is 5. The maximum absolute atomic E-state index is 11.3. The van der Waals surface area contributed by atoms with Gasteiger partial charge >= 0.3 is 0 Å². The van der Waals surface area contributed by atoms with E-state index in [-0.39, 0.29) is 5.78 Å². The number of carbonyl (C=O) groups is 1. The number of carbonyl (C=O) groups excluding carboxylic acids is 1. The Morgan fingerprint density at radius 3 is 2.60 bits per heavy atom. The van der Waals surface area contributed by atoms with Crippen LogP contribution in [-0.4, -0.2) is 35.4 Å². The van der Waals surface area contributed by atoms with Crippen molar-refractivity contribution < 1.29 is 4.79 Å². The van der Waals surface area contributed by atoms with E-state index < -0.39 is 0 Å². The minimum atomic E-state index is 0.127. The van der Waals surface area contributed by atoms with Gasteiger partial charge in [0.25, 0.3) is 0 Å². The third-order valence-electron chi connectivity index (χ3n) is 2.39. The van der Waals surface area contributed by atoms with Gasteiger partial charge in [0.1, 0.15) is 0 Å². The molecule has 0 bridgehead atoms. The van der Waals surface area contributed by atoms with Crippen LogP contribution in [0.3, 0.4) is 0 Å². The van der Waals surface area contributed by atoms with E-state index in [0.717, 1.165) is 40.3 Å². The molecule has 5 heteroatoms. The average Bonchev–Trinajstić information content (AvgIpc) is 2.62. The lowest BCUT2D eigenvalue weighted by atomic mass is 10.3. The first-order valence-electron chi connectivity index (χ1n) is 4.99. The van der Waals surface area contributed by atoms with Gasteiger partial charge in [0.05, 0.1) is 10.6 Å². The van der Waals surface area contributed by atoms with Gasteiger partial charge in [-0.3, -0.25) is 4.79 Å². The second-order valence-electron chi connectivity index (χ2n) is 3.57. The van der Waals surface area contributed by atoms with Crippen molar-refractivity contribution in [2.45, 2.75) is 13.8 Å². The number of ketones is 1. The largest absolute Gasteiger partial charge is 0.346 e. The number of hydrogen-bond donors (Lipinski definition) is 0. The quantitative estimate of drug-likeness (QED) is 0.745. The highest BCUT2D eigenvalue weighted by Gasteiger charge is 2.18. The van der Waals surface area contributed by atoms with Gasteiger partial charge in [-0.25, -0.2) is 4.98 Å². The highest BCUT2D eigenvalue weighted by molar-refractivity contribution is 7.99.